The second-order valence-corrected chi connectivity index (χ2v) is 2.99. The Morgan fingerprint density at radius 1 is 1.21 bits per heavy atom. The summed E-state index contributed by atoms with van der Waals surface area (Å²) in [5, 5.41) is 0. The standard InChI is InChI=1S/C9H5BrO4/c10-9(13)14-8-6(4-11)2-1-3-7(8)5-12/h1-5H. The molecule has 0 aliphatic rings. The van der Waals surface area contributed by atoms with Gasteiger partial charge in [0.2, 0.25) is 0 Å². The van der Waals surface area contributed by atoms with E-state index >= 15 is 0 Å². The fourth-order valence-electron chi connectivity index (χ4n) is 0.957. The minimum absolute atomic E-state index is 0.0284. The maximum absolute atomic E-state index is 10.6. The molecule has 0 N–H and O–H groups in total. The van der Waals surface area contributed by atoms with Crippen molar-refractivity contribution in [3.05, 3.63) is 29.3 Å². The molecular formula is C9H5BrO4. The van der Waals surface area contributed by atoms with Crippen LogP contribution >= 0.6 is 15.9 Å². The van der Waals surface area contributed by atoms with Crippen molar-refractivity contribution >= 4 is 33.4 Å². The molecule has 0 aromatic heterocycles. The van der Waals surface area contributed by atoms with Crippen molar-refractivity contribution in [2.45, 2.75) is 0 Å². The molecule has 1 aromatic carbocycles. The van der Waals surface area contributed by atoms with Crippen LogP contribution in [0.25, 0.3) is 0 Å². The highest BCUT2D eigenvalue weighted by atomic mass is 79.9. The molecule has 1 aromatic rings. The zero-order valence-corrected chi connectivity index (χ0v) is 8.48. The second kappa shape index (κ2) is 4.66. The molecule has 0 aliphatic carbocycles. The summed E-state index contributed by atoms with van der Waals surface area (Å²) >= 11 is 2.54. The van der Waals surface area contributed by atoms with Crippen LogP contribution in [0.15, 0.2) is 18.2 Å². The normalized spacial score (nSPS) is 9.21. The van der Waals surface area contributed by atoms with Crippen LogP contribution in [0.4, 0.5) is 4.79 Å². The van der Waals surface area contributed by atoms with Gasteiger partial charge in [0, 0.05) is 15.9 Å². The van der Waals surface area contributed by atoms with E-state index in [9.17, 15) is 14.4 Å². The molecule has 1 rings (SSSR count). The van der Waals surface area contributed by atoms with Crippen molar-refractivity contribution < 1.29 is 19.1 Å². The van der Waals surface area contributed by atoms with E-state index in [0.29, 0.717) is 12.6 Å². The SMILES string of the molecule is O=Cc1cccc(C=O)c1OC(=O)Br. The highest BCUT2D eigenvalue weighted by Gasteiger charge is 2.11. The van der Waals surface area contributed by atoms with Crippen molar-refractivity contribution in [2.75, 3.05) is 0 Å². The Balaban J connectivity index is 3.25. The van der Waals surface area contributed by atoms with Gasteiger partial charge in [0.25, 0.3) is 0 Å². The fraction of sp³-hybridized carbons (Fsp3) is 0. The Labute approximate surface area is 88.0 Å². The predicted octanol–water partition coefficient (Wildman–Crippen LogP) is 2.21. The van der Waals surface area contributed by atoms with Gasteiger partial charge >= 0.3 is 4.88 Å². The number of rotatable bonds is 3. The maximum atomic E-state index is 10.6. The quantitative estimate of drug-likeness (QED) is 0.615. The number of aldehydes is 2. The van der Waals surface area contributed by atoms with Gasteiger partial charge in [-0.1, -0.05) is 6.07 Å². The van der Waals surface area contributed by atoms with Gasteiger partial charge in [-0.15, -0.1) is 0 Å². The first-order valence-electron chi connectivity index (χ1n) is 3.59. The van der Waals surface area contributed by atoms with Crippen molar-refractivity contribution in [2.24, 2.45) is 0 Å². The number of carbonyl (C=O) groups is 3. The van der Waals surface area contributed by atoms with Gasteiger partial charge in [0.15, 0.2) is 18.3 Å². The van der Waals surface area contributed by atoms with Crippen LogP contribution in [-0.2, 0) is 0 Å². The first kappa shape index (κ1) is 10.6. The van der Waals surface area contributed by atoms with Crippen LogP contribution in [0.5, 0.6) is 5.75 Å². The van der Waals surface area contributed by atoms with Gasteiger partial charge in [-0.25, -0.2) is 4.79 Å². The average molecular weight is 257 g/mol. The van der Waals surface area contributed by atoms with Crippen LogP contribution in [0, 0.1) is 0 Å². The molecule has 5 heteroatoms. The molecule has 0 spiro atoms. The average Bonchev–Trinajstić information content (AvgIpc) is 2.17. The smallest absolute Gasteiger partial charge is 0.380 e. The molecule has 4 nitrogen and oxygen atoms in total. The van der Waals surface area contributed by atoms with Crippen LogP contribution in [-0.4, -0.2) is 17.5 Å². The molecule has 0 fully saturated rings. The Bertz CT molecular complexity index is 360. The molecule has 0 aliphatic heterocycles. The third-order valence-corrected chi connectivity index (χ3v) is 1.67. The highest BCUT2D eigenvalue weighted by molar-refractivity contribution is 9.18. The molecule has 0 radical (unpaired) electrons. The van der Waals surface area contributed by atoms with Crippen LogP contribution in [0.2, 0.25) is 0 Å². The molecule has 0 unspecified atom stereocenters. The van der Waals surface area contributed by atoms with E-state index in [1.54, 1.807) is 0 Å². The van der Waals surface area contributed by atoms with Crippen LogP contribution in [0.3, 0.4) is 0 Å². The number of para-hydroxylation sites is 1. The van der Waals surface area contributed by atoms with Gasteiger partial charge in [-0.3, -0.25) is 9.59 Å². The summed E-state index contributed by atoms with van der Waals surface area (Å²) in [5.74, 6) is -0.0284. The zero-order chi connectivity index (χ0) is 10.6. The monoisotopic (exact) mass is 256 g/mol. The van der Waals surface area contributed by atoms with E-state index in [0.717, 1.165) is 0 Å². The lowest BCUT2D eigenvalue weighted by atomic mass is 10.1. The summed E-state index contributed by atoms with van der Waals surface area (Å²) in [6.45, 7) is 0. The predicted molar refractivity (Wildman–Crippen MR) is 52.2 cm³/mol. The molecule has 0 atom stereocenters. The van der Waals surface area contributed by atoms with E-state index in [4.69, 9.17) is 0 Å². The first-order chi connectivity index (χ1) is 6.69. The summed E-state index contributed by atoms with van der Waals surface area (Å²) in [6.07, 6.45) is 1.02. The molecule has 72 valence electrons. The number of hydrogen-bond acceptors (Lipinski definition) is 4. The van der Waals surface area contributed by atoms with Crippen LogP contribution in [0.1, 0.15) is 20.7 Å². The number of halogens is 1. The van der Waals surface area contributed by atoms with Gasteiger partial charge in [-0.2, -0.15) is 0 Å². The number of hydrogen-bond donors (Lipinski definition) is 0. The molecule has 0 saturated carbocycles. The Hall–Kier alpha value is -1.49. The summed E-state index contributed by atoms with van der Waals surface area (Å²) < 4.78 is 4.67. The Morgan fingerprint density at radius 3 is 2.07 bits per heavy atom. The van der Waals surface area contributed by atoms with Gasteiger partial charge in [0.05, 0.1) is 11.1 Å². The Morgan fingerprint density at radius 2 is 1.71 bits per heavy atom. The molecule has 14 heavy (non-hydrogen) atoms. The lowest BCUT2D eigenvalue weighted by Gasteiger charge is -2.05. The largest absolute Gasteiger partial charge is 0.417 e. The third kappa shape index (κ3) is 2.26. The van der Waals surface area contributed by atoms with Crippen molar-refractivity contribution in [3.63, 3.8) is 0 Å². The second-order valence-electron chi connectivity index (χ2n) is 2.34. The number of carbonyl (C=O) groups excluding carboxylic acids is 3. The van der Waals surface area contributed by atoms with Crippen molar-refractivity contribution in [1.29, 1.82) is 0 Å². The van der Waals surface area contributed by atoms with E-state index in [1.807, 2.05) is 0 Å². The van der Waals surface area contributed by atoms with E-state index in [2.05, 4.69) is 20.7 Å². The van der Waals surface area contributed by atoms with Gasteiger partial charge in [0.1, 0.15) is 0 Å². The first-order valence-corrected chi connectivity index (χ1v) is 4.39. The molecule has 0 amide bonds. The maximum Gasteiger partial charge on any atom is 0.380 e. The van der Waals surface area contributed by atoms with Crippen molar-refractivity contribution in [1.82, 2.24) is 0 Å². The van der Waals surface area contributed by atoms with E-state index < -0.39 is 4.88 Å². The van der Waals surface area contributed by atoms with Crippen LogP contribution < -0.4 is 4.74 Å². The number of ether oxygens (including phenoxy) is 1. The van der Waals surface area contributed by atoms with E-state index in [1.165, 1.54) is 18.2 Å². The number of benzene rings is 1. The van der Waals surface area contributed by atoms with Crippen molar-refractivity contribution in [3.8, 4) is 5.75 Å². The summed E-state index contributed by atoms with van der Waals surface area (Å²) in [7, 11) is 0. The minimum Gasteiger partial charge on any atom is -0.417 e. The fourth-order valence-corrected chi connectivity index (χ4v) is 1.12. The van der Waals surface area contributed by atoms with Gasteiger partial charge in [-0.05, 0) is 12.1 Å². The molecular weight excluding hydrogens is 252 g/mol. The molecule has 0 heterocycles. The summed E-state index contributed by atoms with van der Waals surface area (Å²) in [6, 6.07) is 4.43. The molecule has 0 bridgehead atoms. The van der Waals surface area contributed by atoms with E-state index in [-0.39, 0.29) is 16.9 Å². The lowest BCUT2D eigenvalue weighted by molar-refractivity contribution is 0.112. The topological polar surface area (TPSA) is 60.4 Å². The summed E-state index contributed by atoms with van der Waals surface area (Å²) in [4.78, 5) is 31.0. The summed E-state index contributed by atoms with van der Waals surface area (Å²) in [5.41, 5.74) is 0.310. The molecule has 0 saturated heterocycles. The Kier molecular flexibility index (Phi) is 3.53. The third-order valence-electron chi connectivity index (χ3n) is 1.51. The minimum atomic E-state index is -0.755. The zero-order valence-electron chi connectivity index (χ0n) is 6.90. The van der Waals surface area contributed by atoms with Gasteiger partial charge < -0.3 is 4.74 Å². The highest BCUT2D eigenvalue weighted by Crippen LogP contribution is 2.22. The lowest BCUT2D eigenvalue weighted by Crippen LogP contribution is -2.02.